The lowest BCUT2D eigenvalue weighted by Gasteiger charge is -2.09. The van der Waals surface area contributed by atoms with Gasteiger partial charge in [0, 0.05) is 31.6 Å². The van der Waals surface area contributed by atoms with Crippen LogP contribution in [0.2, 0.25) is 0 Å². The summed E-state index contributed by atoms with van der Waals surface area (Å²) < 4.78 is 25.1. The fourth-order valence-corrected chi connectivity index (χ4v) is 3.20. The molecule has 5 nitrogen and oxygen atoms in total. The quantitative estimate of drug-likeness (QED) is 0.708. The Morgan fingerprint density at radius 1 is 1.04 bits per heavy atom. The summed E-state index contributed by atoms with van der Waals surface area (Å²) in [4.78, 5) is 4.72. The van der Waals surface area contributed by atoms with Crippen molar-refractivity contribution in [1.82, 2.24) is 9.55 Å². The Kier molecular flexibility index (Phi) is 4.68. The Morgan fingerprint density at radius 2 is 1.68 bits per heavy atom. The fourth-order valence-electron chi connectivity index (χ4n) is 2.57. The van der Waals surface area contributed by atoms with E-state index in [0.717, 1.165) is 17.0 Å². The van der Waals surface area contributed by atoms with E-state index in [4.69, 9.17) is 5.26 Å². The number of nitrogens with zero attached hydrogens (tertiary/aromatic N) is 3. The highest BCUT2D eigenvalue weighted by molar-refractivity contribution is 7.90. The predicted octanol–water partition coefficient (Wildman–Crippen LogP) is 2.80. The summed E-state index contributed by atoms with van der Waals surface area (Å²) in [5.74, 6) is 0.900. The lowest BCUT2D eigenvalue weighted by molar-refractivity contribution is 0.602. The topological polar surface area (TPSA) is 75.8 Å². The molecule has 0 aliphatic rings. The number of sulfone groups is 1. The van der Waals surface area contributed by atoms with Crippen LogP contribution in [0.25, 0.3) is 0 Å². The molecular weight excluding hydrogens is 334 g/mol. The second kappa shape index (κ2) is 6.91. The Morgan fingerprint density at radius 3 is 2.28 bits per heavy atom. The van der Waals surface area contributed by atoms with Crippen LogP contribution >= 0.6 is 0 Å². The third-order valence-corrected chi connectivity index (χ3v) is 5.08. The number of hydrogen-bond acceptors (Lipinski definition) is 4. The van der Waals surface area contributed by atoms with E-state index in [1.165, 1.54) is 6.26 Å². The minimum absolute atomic E-state index is 0.317. The van der Waals surface area contributed by atoms with Gasteiger partial charge in [0.25, 0.3) is 0 Å². The van der Waals surface area contributed by atoms with E-state index in [9.17, 15) is 8.42 Å². The molecule has 0 aliphatic heterocycles. The Hall–Kier alpha value is -2.91. The first-order valence-electron chi connectivity index (χ1n) is 7.74. The van der Waals surface area contributed by atoms with Crippen LogP contribution in [0.3, 0.4) is 0 Å². The normalized spacial score (nSPS) is 11.2. The number of imidazole rings is 1. The van der Waals surface area contributed by atoms with Gasteiger partial charge in [0.1, 0.15) is 5.82 Å². The summed E-state index contributed by atoms with van der Waals surface area (Å²) in [7, 11) is -3.18. The minimum atomic E-state index is -3.18. The lowest BCUT2D eigenvalue weighted by atomic mass is 10.1. The SMILES string of the molecule is CS(=O)(=O)c1ccc(Cc2nccn2Cc2ccc(C#N)cc2)cc1. The van der Waals surface area contributed by atoms with Gasteiger partial charge in [-0.25, -0.2) is 13.4 Å². The monoisotopic (exact) mass is 351 g/mol. The molecular formula is C19H17N3O2S. The van der Waals surface area contributed by atoms with E-state index in [-0.39, 0.29) is 0 Å². The molecule has 1 heterocycles. The molecule has 0 saturated heterocycles. The van der Waals surface area contributed by atoms with Gasteiger partial charge in [0.15, 0.2) is 9.84 Å². The van der Waals surface area contributed by atoms with E-state index in [0.29, 0.717) is 23.4 Å². The maximum atomic E-state index is 11.5. The summed E-state index contributed by atoms with van der Waals surface area (Å²) in [5.41, 5.74) is 2.73. The van der Waals surface area contributed by atoms with Crippen molar-refractivity contribution < 1.29 is 8.42 Å². The average Bonchev–Trinajstić information content (AvgIpc) is 3.02. The average molecular weight is 351 g/mol. The standard InChI is InChI=1S/C19H17N3O2S/c1-25(23,24)18-8-6-15(7-9-18)12-19-21-10-11-22(19)14-17-4-2-16(13-20)3-5-17/h2-11H,12,14H2,1H3. The van der Waals surface area contributed by atoms with E-state index in [1.54, 1.807) is 30.5 Å². The van der Waals surface area contributed by atoms with Gasteiger partial charge in [0.05, 0.1) is 16.5 Å². The molecule has 0 saturated carbocycles. The first-order chi connectivity index (χ1) is 12.0. The maximum absolute atomic E-state index is 11.5. The largest absolute Gasteiger partial charge is 0.330 e. The van der Waals surface area contributed by atoms with Gasteiger partial charge < -0.3 is 4.57 Å². The highest BCUT2D eigenvalue weighted by atomic mass is 32.2. The molecule has 0 atom stereocenters. The molecule has 25 heavy (non-hydrogen) atoms. The van der Waals surface area contributed by atoms with Crippen molar-refractivity contribution in [3.63, 3.8) is 0 Å². The van der Waals surface area contributed by atoms with Crippen LogP contribution in [0.15, 0.2) is 65.8 Å². The third-order valence-electron chi connectivity index (χ3n) is 3.95. The molecule has 0 spiro atoms. The van der Waals surface area contributed by atoms with Gasteiger partial charge in [-0.1, -0.05) is 24.3 Å². The van der Waals surface area contributed by atoms with E-state index in [1.807, 2.05) is 35.0 Å². The van der Waals surface area contributed by atoms with Gasteiger partial charge in [0.2, 0.25) is 0 Å². The molecule has 0 aliphatic carbocycles. The second-order valence-corrected chi connectivity index (χ2v) is 7.89. The van der Waals surface area contributed by atoms with Gasteiger partial charge in [-0.3, -0.25) is 0 Å². The molecule has 0 amide bonds. The lowest BCUT2D eigenvalue weighted by Crippen LogP contribution is -2.05. The van der Waals surface area contributed by atoms with Crippen LogP contribution in [0, 0.1) is 11.3 Å². The molecule has 3 rings (SSSR count). The van der Waals surface area contributed by atoms with Crippen LogP contribution in [0.5, 0.6) is 0 Å². The molecule has 126 valence electrons. The first-order valence-corrected chi connectivity index (χ1v) is 9.63. The Bertz CT molecular complexity index is 1010. The maximum Gasteiger partial charge on any atom is 0.175 e. The molecule has 0 N–H and O–H groups in total. The number of rotatable bonds is 5. The summed E-state index contributed by atoms with van der Waals surface area (Å²) in [6.45, 7) is 0.669. The number of benzene rings is 2. The smallest absolute Gasteiger partial charge is 0.175 e. The number of nitriles is 1. The van der Waals surface area contributed by atoms with Crippen molar-refractivity contribution in [3.05, 3.63) is 83.4 Å². The van der Waals surface area contributed by atoms with Gasteiger partial charge in [-0.2, -0.15) is 5.26 Å². The Labute approximate surface area is 147 Å². The molecule has 2 aromatic carbocycles. The summed E-state index contributed by atoms with van der Waals surface area (Å²) in [5, 5.41) is 8.86. The Balaban J connectivity index is 1.76. The summed E-state index contributed by atoms with van der Waals surface area (Å²) in [6.07, 6.45) is 5.49. The molecule has 1 aromatic heterocycles. The van der Waals surface area contributed by atoms with Crippen LogP contribution < -0.4 is 0 Å². The molecule has 6 heteroatoms. The number of aromatic nitrogens is 2. The fraction of sp³-hybridized carbons (Fsp3) is 0.158. The molecule has 3 aromatic rings. The highest BCUT2D eigenvalue weighted by Gasteiger charge is 2.09. The molecule has 0 bridgehead atoms. The van der Waals surface area contributed by atoms with E-state index >= 15 is 0 Å². The second-order valence-electron chi connectivity index (χ2n) is 5.87. The molecule has 0 unspecified atom stereocenters. The predicted molar refractivity (Wildman–Crippen MR) is 94.8 cm³/mol. The van der Waals surface area contributed by atoms with Gasteiger partial charge >= 0.3 is 0 Å². The summed E-state index contributed by atoms with van der Waals surface area (Å²) >= 11 is 0. The zero-order valence-electron chi connectivity index (χ0n) is 13.8. The van der Waals surface area contributed by atoms with Crippen molar-refractivity contribution >= 4 is 9.84 Å². The molecule has 0 radical (unpaired) electrons. The highest BCUT2D eigenvalue weighted by Crippen LogP contribution is 2.14. The number of hydrogen-bond donors (Lipinski definition) is 0. The first kappa shape index (κ1) is 16.9. The minimum Gasteiger partial charge on any atom is -0.330 e. The zero-order valence-corrected chi connectivity index (χ0v) is 14.6. The van der Waals surface area contributed by atoms with E-state index in [2.05, 4.69) is 11.1 Å². The van der Waals surface area contributed by atoms with Crippen LogP contribution in [0.1, 0.15) is 22.5 Å². The van der Waals surface area contributed by atoms with E-state index < -0.39 is 9.84 Å². The van der Waals surface area contributed by atoms with Crippen molar-refractivity contribution in [2.45, 2.75) is 17.9 Å². The zero-order chi connectivity index (χ0) is 17.9. The van der Waals surface area contributed by atoms with Crippen molar-refractivity contribution in [2.75, 3.05) is 6.26 Å². The van der Waals surface area contributed by atoms with Crippen LogP contribution in [0.4, 0.5) is 0 Å². The van der Waals surface area contributed by atoms with Crippen LogP contribution in [-0.2, 0) is 22.8 Å². The van der Waals surface area contributed by atoms with Crippen molar-refractivity contribution in [3.8, 4) is 6.07 Å². The van der Waals surface area contributed by atoms with Gasteiger partial charge in [-0.15, -0.1) is 0 Å². The van der Waals surface area contributed by atoms with Crippen molar-refractivity contribution in [1.29, 1.82) is 5.26 Å². The van der Waals surface area contributed by atoms with Crippen molar-refractivity contribution in [2.24, 2.45) is 0 Å². The molecule has 0 fully saturated rings. The third kappa shape index (κ3) is 4.14. The van der Waals surface area contributed by atoms with Crippen LogP contribution in [-0.4, -0.2) is 24.2 Å². The van der Waals surface area contributed by atoms with Gasteiger partial charge in [-0.05, 0) is 35.4 Å². The summed E-state index contributed by atoms with van der Waals surface area (Å²) in [6, 6.07) is 16.5.